The van der Waals surface area contributed by atoms with Crippen LogP contribution in [0.5, 0.6) is 0 Å². The standard InChI is InChI=1S/C22H21N5OS/c1-2-20(29-15-7-4-3-5-8-15)26-21(28)17-9-6-10-18-16(17)12-14-27(18)19-11-13-24-22(23)25-19/h3-14,20H,2H2,1H3,(H,26,28)(H2,23,24,25)/t20-/m1/s1. The zero-order valence-corrected chi connectivity index (χ0v) is 16.8. The number of nitrogen functional groups attached to an aromatic ring is 1. The first-order valence-corrected chi connectivity index (χ1v) is 10.2. The second-order valence-corrected chi connectivity index (χ2v) is 7.77. The average molecular weight is 404 g/mol. The first-order chi connectivity index (χ1) is 14.2. The number of benzene rings is 2. The molecule has 0 fully saturated rings. The molecule has 2 heterocycles. The highest BCUT2D eigenvalue weighted by molar-refractivity contribution is 8.00. The summed E-state index contributed by atoms with van der Waals surface area (Å²) in [5.74, 6) is 0.781. The largest absolute Gasteiger partial charge is 0.368 e. The number of carbonyl (C=O) groups excluding carboxylic acids is 1. The molecule has 4 rings (SSSR count). The number of aromatic nitrogens is 3. The van der Waals surface area contributed by atoms with Crippen molar-refractivity contribution in [3.05, 3.63) is 78.6 Å². The number of carbonyl (C=O) groups is 1. The molecule has 0 saturated carbocycles. The van der Waals surface area contributed by atoms with E-state index in [1.807, 2.05) is 65.4 Å². The Hall–Kier alpha value is -3.32. The van der Waals surface area contributed by atoms with Gasteiger partial charge in [-0.05, 0) is 42.8 Å². The number of rotatable bonds is 6. The van der Waals surface area contributed by atoms with E-state index in [4.69, 9.17) is 5.73 Å². The van der Waals surface area contributed by atoms with E-state index < -0.39 is 0 Å². The van der Waals surface area contributed by atoms with Crippen molar-refractivity contribution in [2.24, 2.45) is 0 Å². The smallest absolute Gasteiger partial charge is 0.252 e. The number of fused-ring (bicyclic) bond motifs is 1. The first-order valence-electron chi connectivity index (χ1n) is 9.37. The summed E-state index contributed by atoms with van der Waals surface area (Å²) in [6.45, 7) is 2.07. The lowest BCUT2D eigenvalue weighted by Crippen LogP contribution is -2.32. The van der Waals surface area contributed by atoms with Gasteiger partial charge in [0.05, 0.1) is 10.9 Å². The number of nitrogens with two attached hydrogens (primary N) is 1. The average Bonchev–Trinajstić information content (AvgIpc) is 3.18. The normalized spacial score (nSPS) is 12.0. The van der Waals surface area contributed by atoms with Gasteiger partial charge in [-0.2, -0.15) is 4.98 Å². The van der Waals surface area contributed by atoms with E-state index in [-0.39, 0.29) is 17.2 Å². The Bertz CT molecular complexity index is 1140. The fourth-order valence-corrected chi connectivity index (χ4v) is 4.14. The Kier molecular flexibility index (Phi) is 5.48. The number of nitrogens with one attached hydrogen (secondary N) is 1. The van der Waals surface area contributed by atoms with Crippen molar-refractivity contribution in [1.29, 1.82) is 0 Å². The number of amides is 1. The number of anilines is 1. The fraction of sp³-hybridized carbons (Fsp3) is 0.136. The van der Waals surface area contributed by atoms with Crippen molar-refractivity contribution in [3.8, 4) is 5.82 Å². The van der Waals surface area contributed by atoms with Crippen LogP contribution in [0.25, 0.3) is 16.7 Å². The Morgan fingerprint density at radius 2 is 1.97 bits per heavy atom. The van der Waals surface area contributed by atoms with Crippen LogP contribution >= 0.6 is 11.8 Å². The molecule has 0 aliphatic rings. The van der Waals surface area contributed by atoms with Crippen molar-refractivity contribution in [2.45, 2.75) is 23.6 Å². The Balaban J connectivity index is 1.61. The molecule has 4 aromatic rings. The molecular weight excluding hydrogens is 382 g/mol. The second-order valence-electron chi connectivity index (χ2n) is 6.50. The summed E-state index contributed by atoms with van der Waals surface area (Å²) in [5.41, 5.74) is 7.24. The van der Waals surface area contributed by atoms with E-state index in [0.29, 0.717) is 11.4 Å². The number of thioether (sulfide) groups is 1. The lowest BCUT2D eigenvalue weighted by Gasteiger charge is -2.17. The number of nitrogens with zero attached hydrogens (tertiary/aromatic N) is 3. The maximum Gasteiger partial charge on any atom is 0.252 e. The molecule has 2 aromatic heterocycles. The van der Waals surface area contributed by atoms with Crippen LogP contribution in [-0.2, 0) is 0 Å². The summed E-state index contributed by atoms with van der Waals surface area (Å²) in [7, 11) is 0. The third-order valence-corrected chi connectivity index (χ3v) is 5.85. The molecule has 6 nitrogen and oxygen atoms in total. The summed E-state index contributed by atoms with van der Waals surface area (Å²) in [5, 5.41) is 4.00. The van der Waals surface area contributed by atoms with Crippen LogP contribution in [0.1, 0.15) is 23.7 Å². The third kappa shape index (κ3) is 4.09. The summed E-state index contributed by atoms with van der Waals surface area (Å²) >= 11 is 1.65. The van der Waals surface area contributed by atoms with Crippen LogP contribution in [0.4, 0.5) is 5.95 Å². The van der Waals surface area contributed by atoms with Gasteiger partial charge in [-0.15, -0.1) is 11.8 Å². The van der Waals surface area contributed by atoms with Gasteiger partial charge >= 0.3 is 0 Å². The van der Waals surface area contributed by atoms with Gasteiger partial charge in [-0.1, -0.05) is 31.2 Å². The predicted molar refractivity (Wildman–Crippen MR) is 117 cm³/mol. The van der Waals surface area contributed by atoms with Gasteiger partial charge in [-0.3, -0.25) is 4.79 Å². The van der Waals surface area contributed by atoms with Crippen LogP contribution < -0.4 is 11.1 Å². The van der Waals surface area contributed by atoms with Crippen LogP contribution in [0, 0.1) is 0 Å². The zero-order chi connectivity index (χ0) is 20.2. The van der Waals surface area contributed by atoms with E-state index in [1.54, 1.807) is 24.0 Å². The zero-order valence-electron chi connectivity index (χ0n) is 15.9. The van der Waals surface area contributed by atoms with Gasteiger partial charge in [0, 0.05) is 28.2 Å². The van der Waals surface area contributed by atoms with Gasteiger partial charge in [0.25, 0.3) is 5.91 Å². The molecule has 0 radical (unpaired) electrons. The molecule has 0 saturated heterocycles. The van der Waals surface area contributed by atoms with Gasteiger partial charge in [0.15, 0.2) is 0 Å². The van der Waals surface area contributed by atoms with Gasteiger partial charge in [-0.25, -0.2) is 4.98 Å². The molecule has 0 unspecified atom stereocenters. The molecule has 0 spiro atoms. The Morgan fingerprint density at radius 3 is 2.72 bits per heavy atom. The number of hydrogen-bond donors (Lipinski definition) is 2. The molecule has 1 amide bonds. The van der Waals surface area contributed by atoms with Crippen LogP contribution in [0.15, 0.2) is 78.0 Å². The number of hydrogen-bond acceptors (Lipinski definition) is 5. The van der Waals surface area contributed by atoms with Crippen molar-refractivity contribution in [2.75, 3.05) is 5.73 Å². The molecule has 7 heteroatoms. The molecule has 29 heavy (non-hydrogen) atoms. The molecule has 3 N–H and O–H groups in total. The topological polar surface area (TPSA) is 85.8 Å². The van der Waals surface area contributed by atoms with Crippen LogP contribution in [0.2, 0.25) is 0 Å². The second kappa shape index (κ2) is 8.36. The van der Waals surface area contributed by atoms with E-state index in [0.717, 1.165) is 22.2 Å². The van der Waals surface area contributed by atoms with Crippen molar-refractivity contribution in [3.63, 3.8) is 0 Å². The highest BCUT2D eigenvalue weighted by Gasteiger charge is 2.17. The summed E-state index contributed by atoms with van der Waals surface area (Å²) < 4.78 is 1.90. The monoisotopic (exact) mass is 403 g/mol. The molecule has 0 aliphatic carbocycles. The maximum atomic E-state index is 13.0. The minimum atomic E-state index is -0.0918. The molecular formula is C22H21N5OS. The molecule has 0 bridgehead atoms. The summed E-state index contributed by atoms with van der Waals surface area (Å²) in [6.07, 6.45) is 4.33. The third-order valence-electron chi connectivity index (χ3n) is 4.57. The summed E-state index contributed by atoms with van der Waals surface area (Å²) in [4.78, 5) is 22.4. The quantitative estimate of drug-likeness (QED) is 0.371. The molecule has 0 aliphatic heterocycles. The lowest BCUT2D eigenvalue weighted by atomic mass is 10.1. The molecule has 2 aromatic carbocycles. The first kappa shape index (κ1) is 19.0. The minimum absolute atomic E-state index is 0.0103. The van der Waals surface area contributed by atoms with Crippen LogP contribution in [0.3, 0.4) is 0 Å². The van der Waals surface area contributed by atoms with Crippen molar-refractivity contribution >= 4 is 34.5 Å². The molecule has 1 atom stereocenters. The van der Waals surface area contributed by atoms with E-state index in [9.17, 15) is 4.79 Å². The van der Waals surface area contributed by atoms with E-state index >= 15 is 0 Å². The highest BCUT2D eigenvalue weighted by atomic mass is 32.2. The SMILES string of the molecule is CC[C@H](NC(=O)c1cccc2c1ccn2-c1ccnc(N)n1)Sc1ccccc1. The van der Waals surface area contributed by atoms with Crippen molar-refractivity contribution < 1.29 is 4.79 Å². The fourth-order valence-electron chi connectivity index (χ4n) is 3.17. The van der Waals surface area contributed by atoms with Gasteiger partial charge < -0.3 is 15.6 Å². The van der Waals surface area contributed by atoms with Crippen molar-refractivity contribution in [1.82, 2.24) is 19.9 Å². The van der Waals surface area contributed by atoms with Crippen LogP contribution in [-0.4, -0.2) is 25.8 Å². The Morgan fingerprint density at radius 1 is 1.14 bits per heavy atom. The predicted octanol–water partition coefficient (Wildman–Crippen LogP) is 4.26. The van der Waals surface area contributed by atoms with E-state index in [2.05, 4.69) is 22.2 Å². The summed E-state index contributed by atoms with van der Waals surface area (Å²) in [6, 6.07) is 19.5. The maximum absolute atomic E-state index is 13.0. The highest BCUT2D eigenvalue weighted by Crippen LogP contribution is 2.26. The van der Waals surface area contributed by atoms with E-state index in [1.165, 1.54) is 0 Å². The minimum Gasteiger partial charge on any atom is -0.368 e. The van der Waals surface area contributed by atoms with Gasteiger partial charge in [0.1, 0.15) is 5.82 Å². The molecule has 146 valence electrons. The van der Waals surface area contributed by atoms with Gasteiger partial charge in [0.2, 0.25) is 5.95 Å². The lowest BCUT2D eigenvalue weighted by molar-refractivity contribution is 0.0951. The Labute approximate surface area is 173 Å².